The highest BCUT2D eigenvalue weighted by atomic mass is 16.4. The first kappa shape index (κ1) is 24.1. The molecule has 0 aliphatic heterocycles. The summed E-state index contributed by atoms with van der Waals surface area (Å²) in [5.41, 5.74) is 5.41. The molecule has 0 saturated carbocycles. The van der Waals surface area contributed by atoms with Crippen LogP contribution in [0.2, 0.25) is 0 Å². The summed E-state index contributed by atoms with van der Waals surface area (Å²) in [6.45, 7) is 2.65. The molecule has 0 heterocycles. The Kier molecular flexibility index (Phi) is 16.7. The van der Waals surface area contributed by atoms with Gasteiger partial charge in [0.25, 0.3) is 5.91 Å². The first-order valence-electron chi connectivity index (χ1n) is 10.0. The number of rotatable bonds is 17. The van der Waals surface area contributed by atoms with E-state index in [2.05, 4.69) is 29.5 Å². The van der Waals surface area contributed by atoms with Gasteiger partial charge in [-0.05, 0) is 44.9 Å². The van der Waals surface area contributed by atoms with Gasteiger partial charge in [0, 0.05) is 19.4 Å². The van der Waals surface area contributed by atoms with Crippen LogP contribution >= 0.6 is 0 Å². The van der Waals surface area contributed by atoms with E-state index in [-0.39, 0.29) is 5.78 Å². The molecule has 150 valence electrons. The molecule has 4 N–H and O–H groups in total. The molecule has 0 aromatic rings. The normalized spacial score (nSPS) is 11.8. The third kappa shape index (κ3) is 15.7. The van der Waals surface area contributed by atoms with Crippen molar-refractivity contribution in [2.75, 3.05) is 6.54 Å². The minimum Gasteiger partial charge on any atom is -0.409 e. The zero-order chi connectivity index (χ0) is 19.5. The van der Waals surface area contributed by atoms with Crippen molar-refractivity contribution in [2.45, 2.75) is 90.4 Å². The fourth-order valence-corrected chi connectivity index (χ4v) is 2.54. The molecule has 0 atom stereocenters. The van der Waals surface area contributed by atoms with E-state index in [1.54, 1.807) is 0 Å². The molecule has 0 bridgehead atoms. The van der Waals surface area contributed by atoms with Crippen molar-refractivity contribution in [3.8, 4) is 0 Å². The third-order valence-corrected chi connectivity index (χ3v) is 4.19. The van der Waals surface area contributed by atoms with Gasteiger partial charge in [-0.25, -0.2) is 0 Å². The first-order valence-corrected chi connectivity index (χ1v) is 10.0. The number of oxime groups is 1. The predicted octanol–water partition coefficient (Wildman–Crippen LogP) is 4.07. The van der Waals surface area contributed by atoms with Crippen molar-refractivity contribution >= 4 is 17.5 Å². The first-order chi connectivity index (χ1) is 12.6. The van der Waals surface area contributed by atoms with Crippen molar-refractivity contribution in [1.82, 2.24) is 5.32 Å². The molecule has 0 radical (unpaired) electrons. The van der Waals surface area contributed by atoms with Crippen molar-refractivity contribution in [3.05, 3.63) is 12.2 Å². The minimum atomic E-state index is -0.427. The molecule has 0 rings (SSSR count). The summed E-state index contributed by atoms with van der Waals surface area (Å²) < 4.78 is 0. The summed E-state index contributed by atoms with van der Waals surface area (Å²) in [4.78, 5) is 23.1. The number of amidine groups is 1. The SMILES string of the molecule is CCCCCC(=O)C(=O)NCCCC/C=C\CCCCCC/C(N)=N/O. The summed E-state index contributed by atoms with van der Waals surface area (Å²) in [6, 6.07) is 0. The lowest BCUT2D eigenvalue weighted by Gasteiger charge is -2.03. The molecule has 0 aromatic heterocycles. The summed E-state index contributed by atoms with van der Waals surface area (Å²) in [6.07, 6.45) is 16.6. The summed E-state index contributed by atoms with van der Waals surface area (Å²) in [7, 11) is 0. The highest BCUT2D eigenvalue weighted by Crippen LogP contribution is 2.07. The lowest BCUT2D eigenvalue weighted by Crippen LogP contribution is -2.31. The smallest absolute Gasteiger partial charge is 0.287 e. The molecule has 0 aromatic carbocycles. The van der Waals surface area contributed by atoms with Crippen LogP contribution in [0.1, 0.15) is 90.4 Å². The number of carbonyl (C=O) groups is 2. The molecule has 6 nitrogen and oxygen atoms in total. The van der Waals surface area contributed by atoms with E-state index in [0.717, 1.165) is 70.6 Å². The van der Waals surface area contributed by atoms with E-state index in [4.69, 9.17) is 10.9 Å². The molecule has 0 aliphatic carbocycles. The van der Waals surface area contributed by atoms with Gasteiger partial charge in [-0.3, -0.25) is 9.59 Å². The Labute approximate surface area is 158 Å². The molecule has 6 heteroatoms. The Morgan fingerprint density at radius 2 is 1.54 bits per heavy atom. The second kappa shape index (κ2) is 18.0. The lowest BCUT2D eigenvalue weighted by molar-refractivity contribution is -0.138. The number of nitrogens with zero attached hydrogens (tertiary/aromatic N) is 1. The van der Waals surface area contributed by atoms with E-state index in [0.29, 0.717) is 25.2 Å². The maximum Gasteiger partial charge on any atom is 0.287 e. The van der Waals surface area contributed by atoms with Gasteiger partial charge in [-0.2, -0.15) is 0 Å². The second-order valence-corrected chi connectivity index (χ2v) is 6.65. The van der Waals surface area contributed by atoms with Crippen molar-refractivity contribution in [3.63, 3.8) is 0 Å². The Bertz CT molecular complexity index is 434. The Morgan fingerprint density at radius 3 is 2.19 bits per heavy atom. The van der Waals surface area contributed by atoms with Crippen LogP contribution in [0.3, 0.4) is 0 Å². The molecule has 0 aliphatic rings. The van der Waals surface area contributed by atoms with Gasteiger partial charge in [-0.1, -0.05) is 49.9 Å². The molecular weight excluding hydrogens is 330 g/mol. The monoisotopic (exact) mass is 367 g/mol. The standard InChI is InChI=1S/C20H37N3O3/c1-2-3-12-15-18(24)20(25)22-17-14-11-9-7-5-4-6-8-10-13-16-19(21)23-26/h5,7,26H,2-4,6,8-17H2,1H3,(H2,21,23)(H,22,25)/b7-5-. The average molecular weight is 368 g/mol. The van der Waals surface area contributed by atoms with Crippen molar-refractivity contribution in [2.24, 2.45) is 10.9 Å². The van der Waals surface area contributed by atoms with E-state index >= 15 is 0 Å². The van der Waals surface area contributed by atoms with Crippen LogP contribution < -0.4 is 11.1 Å². The zero-order valence-corrected chi connectivity index (χ0v) is 16.3. The van der Waals surface area contributed by atoms with Crippen LogP contribution in [0.5, 0.6) is 0 Å². The number of Topliss-reactive ketones (excluding diaryl/α,β-unsaturated/α-hetero) is 1. The lowest BCUT2D eigenvalue weighted by atomic mass is 10.1. The average Bonchev–Trinajstić information content (AvgIpc) is 2.64. The predicted molar refractivity (Wildman–Crippen MR) is 106 cm³/mol. The molecule has 0 fully saturated rings. The number of nitrogens with one attached hydrogen (secondary N) is 1. The number of nitrogens with two attached hydrogens (primary N) is 1. The Hall–Kier alpha value is -1.85. The van der Waals surface area contributed by atoms with Crippen LogP contribution in [-0.2, 0) is 9.59 Å². The Balaban J connectivity index is 3.40. The fraction of sp³-hybridized carbons (Fsp3) is 0.750. The van der Waals surface area contributed by atoms with Gasteiger partial charge in [0.15, 0.2) is 0 Å². The molecule has 26 heavy (non-hydrogen) atoms. The van der Waals surface area contributed by atoms with E-state index in [9.17, 15) is 9.59 Å². The summed E-state index contributed by atoms with van der Waals surface area (Å²) in [5.74, 6) is -0.407. The maximum absolute atomic E-state index is 11.6. The summed E-state index contributed by atoms with van der Waals surface area (Å²) >= 11 is 0. The van der Waals surface area contributed by atoms with E-state index in [1.165, 1.54) is 0 Å². The minimum absolute atomic E-state index is 0.287. The second-order valence-electron chi connectivity index (χ2n) is 6.65. The largest absolute Gasteiger partial charge is 0.409 e. The number of carbonyl (C=O) groups excluding carboxylic acids is 2. The molecular formula is C20H37N3O3. The summed E-state index contributed by atoms with van der Waals surface area (Å²) in [5, 5.41) is 14.1. The number of ketones is 1. The quantitative estimate of drug-likeness (QED) is 0.0685. The van der Waals surface area contributed by atoms with Crippen molar-refractivity contribution in [1.29, 1.82) is 0 Å². The van der Waals surface area contributed by atoms with Crippen LogP contribution in [0.15, 0.2) is 17.3 Å². The fourth-order valence-electron chi connectivity index (χ4n) is 2.54. The number of unbranched alkanes of at least 4 members (excludes halogenated alkanes) is 8. The number of hydrogen-bond acceptors (Lipinski definition) is 4. The molecule has 0 saturated heterocycles. The van der Waals surface area contributed by atoms with E-state index in [1.807, 2.05) is 0 Å². The van der Waals surface area contributed by atoms with E-state index < -0.39 is 5.91 Å². The zero-order valence-electron chi connectivity index (χ0n) is 16.3. The molecule has 1 amide bonds. The highest BCUT2D eigenvalue weighted by Gasteiger charge is 2.11. The number of hydrogen-bond donors (Lipinski definition) is 3. The van der Waals surface area contributed by atoms with Gasteiger partial charge < -0.3 is 16.3 Å². The van der Waals surface area contributed by atoms with Crippen molar-refractivity contribution < 1.29 is 14.8 Å². The van der Waals surface area contributed by atoms with Crippen LogP contribution in [0.4, 0.5) is 0 Å². The van der Waals surface area contributed by atoms with Gasteiger partial charge >= 0.3 is 0 Å². The number of allylic oxidation sites excluding steroid dienone is 2. The van der Waals surface area contributed by atoms with Gasteiger partial charge in [0.1, 0.15) is 5.84 Å². The topological polar surface area (TPSA) is 105 Å². The van der Waals surface area contributed by atoms with Gasteiger partial charge in [-0.15, -0.1) is 0 Å². The van der Waals surface area contributed by atoms with Gasteiger partial charge in [0.2, 0.25) is 5.78 Å². The molecule has 0 unspecified atom stereocenters. The maximum atomic E-state index is 11.6. The van der Waals surface area contributed by atoms with Crippen LogP contribution in [-0.4, -0.2) is 29.3 Å². The third-order valence-electron chi connectivity index (χ3n) is 4.19. The van der Waals surface area contributed by atoms with Crippen LogP contribution in [0, 0.1) is 0 Å². The Morgan fingerprint density at radius 1 is 0.923 bits per heavy atom. The molecule has 0 spiro atoms. The van der Waals surface area contributed by atoms with Crippen LogP contribution in [0.25, 0.3) is 0 Å². The number of amides is 1. The highest BCUT2D eigenvalue weighted by molar-refractivity contribution is 6.36. The van der Waals surface area contributed by atoms with Gasteiger partial charge in [0.05, 0.1) is 0 Å².